The van der Waals surface area contributed by atoms with Crippen molar-refractivity contribution in [3.05, 3.63) is 64.7 Å². The zero-order valence-electron chi connectivity index (χ0n) is 13.0. The molecule has 0 amide bonds. The van der Waals surface area contributed by atoms with Crippen LogP contribution in [-0.4, -0.2) is 6.61 Å². The highest BCUT2D eigenvalue weighted by atomic mass is 16.5. The highest BCUT2D eigenvalue weighted by Crippen LogP contribution is 2.22. The van der Waals surface area contributed by atoms with Crippen molar-refractivity contribution in [2.24, 2.45) is 5.84 Å². The number of ether oxygens (including phenoxy) is 1. The van der Waals surface area contributed by atoms with Gasteiger partial charge in [-0.1, -0.05) is 30.3 Å². The van der Waals surface area contributed by atoms with E-state index in [1.807, 2.05) is 19.1 Å². The lowest BCUT2D eigenvalue weighted by atomic mass is 9.97. The minimum Gasteiger partial charge on any atom is -0.494 e. The van der Waals surface area contributed by atoms with Gasteiger partial charge in [-0.3, -0.25) is 11.3 Å². The van der Waals surface area contributed by atoms with E-state index in [1.165, 1.54) is 22.3 Å². The van der Waals surface area contributed by atoms with E-state index in [4.69, 9.17) is 10.6 Å². The van der Waals surface area contributed by atoms with Gasteiger partial charge >= 0.3 is 0 Å². The average Bonchev–Trinajstić information content (AvgIpc) is 2.50. The molecule has 1 unspecified atom stereocenters. The van der Waals surface area contributed by atoms with Crippen LogP contribution < -0.4 is 16.0 Å². The predicted octanol–water partition coefficient (Wildman–Crippen LogP) is 3.45. The van der Waals surface area contributed by atoms with Gasteiger partial charge in [-0.15, -0.1) is 0 Å². The quantitative estimate of drug-likeness (QED) is 0.631. The standard InChI is InChI=1S/C18H24N2O/c1-4-21-17-9-7-16(8-10-17)18(20-19)12-15-6-5-13(2)14(3)11-15/h5-11,18,20H,4,12,19H2,1-3H3. The lowest BCUT2D eigenvalue weighted by molar-refractivity contribution is 0.340. The molecule has 0 heterocycles. The Kier molecular flexibility index (Phi) is 5.37. The van der Waals surface area contributed by atoms with Crippen LogP contribution in [0.25, 0.3) is 0 Å². The predicted molar refractivity (Wildman–Crippen MR) is 87.3 cm³/mol. The maximum Gasteiger partial charge on any atom is 0.119 e. The van der Waals surface area contributed by atoms with Crippen LogP contribution >= 0.6 is 0 Å². The van der Waals surface area contributed by atoms with Crippen molar-refractivity contribution in [1.29, 1.82) is 0 Å². The summed E-state index contributed by atoms with van der Waals surface area (Å²) >= 11 is 0. The van der Waals surface area contributed by atoms with Crippen molar-refractivity contribution in [2.75, 3.05) is 6.61 Å². The molecule has 2 aromatic rings. The molecular formula is C18H24N2O. The average molecular weight is 284 g/mol. The summed E-state index contributed by atoms with van der Waals surface area (Å²) in [5, 5.41) is 0. The molecule has 0 fully saturated rings. The first-order valence-electron chi connectivity index (χ1n) is 7.39. The first kappa shape index (κ1) is 15.5. The summed E-state index contributed by atoms with van der Waals surface area (Å²) in [5.41, 5.74) is 8.00. The maximum absolute atomic E-state index is 5.74. The number of hydrazine groups is 1. The normalized spacial score (nSPS) is 12.2. The zero-order valence-corrected chi connectivity index (χ0v) is 13.0. The second kappa shape index (κ2) is 7.25. The number of nitrogens with one attached hydrogen (secondary N) is 1. The topological polar surface area (TPSA) is 47.3 Å². The lowest BCUT2D eigenvalue weighted by Crippen LogP contribution is -2.29. The van der Waals surface area contributed by atoms with Crippen LogP contribution in [0.2, 0.25) is 0 Å². The van der Waals surface area contributed by atoms with Gasteiger partial charge in [0.1, 0.15) is 5.75 Å². The van der Waals surface area contributed by atoms with Gasteiger partial charge in [-0.05, 0) is 61.6 Å². The molecule has 3 heteroatoms. The van der Waals surface area contributed by atoms with Crippen molar-refractivity contribution in [1.82, 2.24) is 5.43 Å². The van der Waals surface area contributed by atoms with Gasteiger partial charge in [0.2, 0.25) is 0 Å². The summed E-state index contributed by atoms with van der Waals surface area (Å²) in [6, 6.07) is 14.8. The highest BCUT2D eigenvalue weighted by Gasteiger charge is 2.11. The van der Waals surface area contributed by atoms with Gasteiger partial charge in [0.15, 0.2) is 0 Å². The fraction of sp³-hybridized carbons (Fsp3) is 0.333. The molecule has 0 bridgehead atoms. The van der Waals surface area contributed by atoms with Crippen LogP contribution in [0.5, 0.6) is 5.75 Å². The Hall–Kier alpha value is -1.84. The van der Waals surface area contributed by atoms with Crippen molar-refractivity contribution in [3.63, 3.8) is 0 Å². The number of hydrogen-bond donors (Lipinski definition) is 2. The largest absolute Gasteiger partial charge is 0.494 e. The van der Waals surface area contributed by atoms with Crippen LogP contribution in [0.3, 0.4) is 0 Å². The molecule has 0 saturated carbocycles. The molecule has 2 aromatic carbocycles. The second-order valence-electron chi connectivity index (χ2n) is 5.34. The van der Waals surface area contributed by atoms with Gasteiger partial charge in [0.05, 0.1) is 6.61 Å². The molecule has 2 rings (SSSR count). The van der Waals surface area contributed by atoms with Gasteiger partial charge in [-0.2, -0.15) is 0 Å². The van der Waals surface area contributed by atoms with Crippen LogP contribution in [0, 0.1) is 13.8 Å². The Morgan fingerprint density at radius 2 is 1.76 bits per heavy atom. The van der Waals surface area contributed by atoms with Crippen LogP contribution in [0.1, 0.15) is 35.2 Å². The van der Waals surface area contributed by atoms with Crippen molar-refractivity contribution >= 4 is 0 Å². The van der Waals surface area contributed by atoms with Crippen molar-refractivity contribution in [2.45, 2.75) is 33.2 Å². The van der Waals surface area contributed by atoms with Crippen LogP contribution in [-0.2, 0) is 6.42 Å². The molecule has 0 aliphatic heterocycles. The van der Waals surface area contributed by atoms with Crippen LogP contribution in [0.4, 0.5) is 0 Å². The van der Waals surface area contributed by atoms with E-state index in [9.17, 15) is 0 Å². The lowest BCUT2D eigenvalue weighted by Gasteiger charge is -2.17. The summed E-state index contributed by atoms with van der Waals surface area (Å²) in [4.78, 5) is 0. The molecule has 112 valence electrons. The number of aryl methyl sites for hydroxylation is 2. The van der Waals surface area contributed by atoms with Crippen LogP contribution in [0.15, 0.2) is 42.5 Å². The molecule has 0 aliphatic carbocycles. The number of nitrogens with two attached hydrogens (primary N) is 1. The van der Waals surface area contributed by atoms with Gasteiger partial charge in [-0.25, -0.2) is 0 Å². The van der Waals surface area contributed by atoms with Crippen molar-refractivity contribution < 1.29 is 4.74 Å². The minimum atomic E-state index is 0.0998. The van der Waals surface area contributed by atoms with E-state index in [0.717, 1.165) is 12.2 Å². The fourth-order valence-electron chi connectivity index (χ4n) is 2.40. The van der Waals surface area contributed by atoms with E-state index in [1.54, 1.807) is 0 Å². The Labute approximate surface area is 127 Å². The number of rotatable bonds is 6. The Morgan fingerprint density at radius 3 is 2.33 bits per heavy atom. The summed E-state index contributed by atoms with van der Waals surface area (Å²) < 4.78 is 5.47. The molecule has 3 nitrogen and oxygen atoms in total. The first-order chi connectivity index (χ1) is 10.1. The third-order valence-corrected chi connectivity index (χ3v) is 3.81. The molecule has 21 heavy (non-hydrogen) atoms. The number of benzene rings is 2. The highest BCUT2D eigenvalue weighted by molar-refractivity contribution is 5.33. The minimum absolute atomic E-state index is 0.0998. The fourth-order valence-corrected chi connectivity index (χ4v) is 2.40. The van der Waals surface area contributed by atoms with E-state index in [-0.39, 0.29) is 6.04 Å². The second-order valence-corrected chi connectivity index (χ2v) is 5.34. The van der Waals surface area contributed by atoms with E-state index >= 15 is 0 Å². The zero-order chi connectivity index (χ0) is 15.2. The van der Waals surface area contributed by atoms with Gasteiger partial charge in [0, 0.05) is 6.04 Å². The van der Waals surface area contributed by atoms with Gasteiger partial charge < -0.3 is 4.74 Å². The van der Waals surface area contributed by atoms with Gasteiger partial charge in [0.25, 0.3) is 0 Å². The molecule has 0 radical (unpaired) electrons. The third-order valence-electron chi connectivity index (χ3n) is 3.81. The third kappa shape index (κ3) is 4.06. The Bertz CT molecular complexity index is 578. The van der Waals surface area contributed by atoms with E-state index < -0.39 is 0 Å². The van der Waals surface area contributed by atoms with E-state index in [0.29, 0.717) is 6.61 Å². The summed E-state index contributed by atoms with van der Waals surface area (Å²) in [5.74, 6) is 6.63. The van der Waals surface area contributed by atoms with E-state index in [2.05, 4.69) is 49.6 Å². The molecule has 3 N–H and O–H groups in total. The molecule has 0 aliphatic rings. The smallest absolute Gasteiger partial charge is 0.119 e. The summed E-state index contributed by atoms with van der Waals surface area (Å²) in [6.07, 6.45) is 0.867. The summed E-state index contributed by atoms with van der Waals surface area (Å²) in [7, 11) is 0. The van der Waals surface area contributed by atoms with Crippen molar-refractivity contribution in [3.8, 4) is 5.75 Å². The maximum atomic E-state index is 5.74. The monoisotopic (exact) mass is 284 g/mol. The first-order valence-corrected chi connectivity index (χ1v) is 7.39. The molecular weight excluding hydrogens is 260 g/mol. The Morgan fingerprint density at radius 1 is 1.05 bits per heavy atom. The molecule has 1 atom stereocenters. The molecule has 0 aromatic heterocycles. The molecule has 0 saturated heterocycles. The summed E-state index contributed by atoms with van der Waals surface area (Å²) in [6.45, 7) is 6.93. The number of hydrogen-bond acceptors (Lipinski definition) is 3. The molecule has 0 spiro atoms. The SMILES string of the molecule is CCOc1ccc(C(Cc2ccc(C)c(C)c2)NN)cc1. The Balaban J connectivity index is 2.13.